The Hall–Kier alpha value is -1.85. The largest absolute Gasteiger partial charge is 0.398 e. The predicted octanol–water partition coefficient (Wildman–Crippen LogP) is 1.67. The van der Waals surface area contributed by atoms with Gasteiger partial charge in [-0.25, -0.2) is 0 Å². The molecule has 1 aromatic heterocycles. The Bertz CT molecular complexity index is 605. The molecule has 2 atom stereocenters. The van der Waals surface area contributed by atoms with Crippen molar-refractivity contribution in [3.63, 3.8) is 0 Å². The van der Waals surface area contributed by atoms with Crippen LogP contribution in [-0.2, 0) is 9.47 Å². The summed E-state index contributed by atoms with van der Waals surface area (Å²) in [7, 11) is 3.44. The lowest BCUT2D eigenvalue weighted by molar-refractivity contribution is -0.00461. The van der Waals surface area contributed by atoms with Gasteiger partial charge in [-0.2, -0.15) is 0 Å². The second-order valence-corrected chi connectivity index (χ2v) is 5.03. The van der Waals surface area contributed by atoms with Crippen molar-refractivity contribution in [1.29, 1.82) is 0 Å². The summed E-state index contributed by atoms with van der Waals surface area (Å²) in [6.45, 7) is 1.59. The number of rotatable bonds is 3. The van der Waals surface area contributed by atoms with E-state index in [9.17, 15) is 0 Å². The molecule has 0 bridgehead atoms. The minimum atomic E-state index is 0.0799. The summed E-state index contributed by atoms with van der Waals surface area (Å²) < 4.78 is 11.0. The summed E-state index contributed by atoms with van der Waals surface area (Å²) in [5.74, 6) is 0. The van der Waals surface area contributed by atoms with E-state index in [-0.39, 0.29) is 12.2 Å². The molecule has 1 aliphatic heterocycles. The van der Waals surface area contributed by atoms with Gasteiger partial charge in [0.25, 0.3) is 0 Å². The maximum Gasteiger partial charge on any atom is 0.102 e. The first-order valence-electron chi connectivity index (χ1n) is 6.68. The summed E-state index contributed by atoms with van der Waals surface area (Å²) in [5.41, 5.74) is 8.78. The molecule has 106 valence electrons. The van der Waals surface area contributed by atoms with E-state index in [1.54, 1.807) is 20.4 Å². The molecule has 2 N–H and O–H groups in total. The van der Waals surface area contributed by atoms with Crippen molar-refractivity contribution in [2.75, 3.05) is 37.9 Å². The zero-order valence-corrected chi connectivity index (χ0v) is 11.7. The number of hydrogen-bond acceptors (Lipinski definition) is 5. The fourth-order valence-corrected chi connectivity index (χ4v) is 2.83. The average molecular weight is 273 g/mol. The number of fused-ring (bicyclic) bond motifs is 1. The van der Waals surface area contributed by atoms with Crippen LogP contribution in [0.3, 0.4) is 0 Å². The number of benzene rings is 1. The zero-order valence-electron chi connectivity index (χ0n) is 11.7. The Morgan fingerprint density at radius 3 is 2.50 bits per heavy atom. The smallest absolute Gasteiger partial charge is 0.102 e. The van der Waals surface area contributed by atoms with E-state index in [1.807, 2.05) is 24.3 Å². The molecule has 0 aliphatic carbocycles. The fraction of sp³-hybridized carbons (Fsp3) is 0.400. The lowest BCUT2D eigenvalue weighted by Crippen LogP contribution is -2.27. The number of methoxy groups -OCH3 is 2. The number of nitrogen functional groups attached to an aromatic ring is 1. The van der Waals surface area contributed by atoms with Crippen molar-refractivity contribution in [3.8, 4) is 0 Å². The third kappa shape index (κ3) is 2.09. The minimum Gasteiger partial charge on any atom is -0.398 e. The van der Waals surface area contributed by atoms with E-state index in [2.05, 4.69) is 9.88 Å². The van der Waals surface area contributed by atoms with Crippen LogP contribution < -0.4 is 10.6 Å². The third-order valence-corrected chi connectivity index (χ3v) is 3.94. The van der Waals surface area contributed by atoms with Gasteiger partial charge in [-0.05, 0) is 24.3 Å². The highest BCUT2D eigenvalue weighted by Crippen LogP contribution is 2.32. The van der Waals surface area contributed by atoms with Gasteiger partial charge in [-0.3, -0.25) is 4.98 Å². The van der Waals surface area contributed by atoms with E-state index >= 15 is 0 Å². The fourth-order valence-electron chi connectivity index (χ4n) is 2.83. The third-order valence-electron chi connectivity index (χ3n) is 3.94. The SMILES string of the molecule is COC1CN(c2ccc(N)c3cccnc23)CC1OC. The summed E-state index contributed by atoms with van der Waals surface area (Å²) in [5, 5.41) is 0.986. The molecule has 5 heteroatoms. The van der Waals surface area contributed by atoms with E-state index in [4.69, 9.17) is 15.2 Å². The van der Waals surface area contributed by atoms with E-state index in [0.29, 0.717) is 0 Å². The first-order chi connectivity index (χ1) is 9.74. The van der Waals surface area contributed by atoms with Gasteiger partial charge in [0.2, 0.25) is 0 Å². The van der Waals surface area contributed by atoms with Gasteiger partial charge in [-0.1, -0.05) is 0 Å². The lowest BCUT2D eigenvalue weighted by atomic mass is 10.1. The molecule has 20 heavy (non-hydrogen) atoms. The van der Waals surface area contributed by atoms with E-state index < -0.39 is 0 Å². The number of nitrogens with zero attached hydrogens (tertiary/aromatic N) is 2. The van der Waals surface area contributed by atoms with Crippen LogP contribution in [0.25, 0.3) is 10.9 Å². The van der Waals surface area contributed by atoms with Crippen LogP contribution in [0.1, 0.15) is 0 Å². The number of aromatic nitrogens is 1. The molecule has 2 heterocycles. The van der Waals surface area contributed by atoms with Crippen molar-refractivity contribution in [2.24, 2.45) is 0 Å². The molecule has 1 fully saturated rings. The van der Waals surface area contributed by atoms with Crippen molar-refractivity contribution in [1.82, 2.24) is 4.98 Å². The average Bonchev–Trinajstić information content (AvgIpc) is 2.91. The standard InChI is InChI=1S/C15H19N3O2/c1-19-13-8-18(9-14(13)20-2)12-6-5-11(16)10-4-3-7-17-15(10)12/h3-7,13-14H,8-9,16H2,1-2H3. The second kappa shape index (κ2) is 5.26. The van der Waals surface area contributed by atoms with Gasteiger partial charge < -0.3 is 20.1 Å². The quantitative estimate of drug-likeness (QED) is 0.862. The van der Waals surface area contributed by atoms with Gasteiger partial charge in [0, 0.05) is 44.6 Å². The Balaban J connectivity index is 2.01. The molecule has 2 unspecified atom stereocenters. The molecule has 0 radical (unpaired) electrons. The Kier molecular flexibility index (Phi) is 3.46. The van der Waals surface area contributed by atoms with Crippen molar-refractivity contribution in [2.45, 2.75) is 12.2 Å². The number of nitrogens with two attached hydrogens (primary N) is 1. The molecule has 5 nitrogen and oxygen atoms in total. The van der Waals surface area contributed by atoms with Crippen molar-refractivity contribution < 1.29 is 9.47 Å². The molecular weight excluding hydrogens is 254 g/mol. The highest BCUT2D eigenvalue weighted by atomic mass is 16.5. The normalized spacial score (nSPS) is 22.6. The first kappa shape index (κ1) is 13.1. The van der Waals surface area contributed by atoms with Crippen LogP contribution in [0.15, 0.2) is 30.5 Å². The number of ether oxygens (including phenoxy) is 2. The number of hydrogen-bond donors (Lipinski definition) is 1. The first-order valence-corrected chi connectivity index (χ1v) is 6.68. The highest BCUT2D eigenvalue weighted by Gasteiger charge is 2.33. The lowest BCUT2D eigenvalue weighted by Gasteiger charge is -2.20. The van der Waals surface area contributed by atoms with Crippen LogP contribution in [0, 0.1) is 0 Å². The monoisotopic (exact) mass is 273 g/mol. The summed E-state index contributed by atoms with van der Waals surface area (Å²) in [6.07, 6.45) is 1.95. The molecule has 1 aliphatic rings. The Morgan fingerprint density at radius 1 is 1.15 bits per heavy atom. The zero-order chi connectivity index (χ0) is 14.1. The van der Waals surface area contributed by atoms with Gasteiger partial charge >= 0.3 is 0 Å². The van der Waals surface area contributed by atoms with Gasteiger partial charge in [0.15, 0.2) is 0 Å². The minimum absolute atomic E-state index is 0.0799. The van der Waals surface area contributed by atoms with Gasteiger partial charge in [0.05, 0.1) is 11.2 Å². The molecule has 3 rings (SSSR count). The van der Waals surface area contributed by atoms with E-state index in [1.165, 1.54) is 0 Å². The van der Waals surface area contributed by atoms with Gasteiger partial charge in [-0.15, -0.1) is 0 Å². The van der Waals surface area contributed by atoms with Gasteiger partial charge in [0.1, 0.15) is 12.2 Å². The molecular formula is C15H19N3O2. The highest BCUT2D eigenvalue weighted by molar-refractivity contribution is 5.98. The van der Waals surface area contributed by atoms with Crippen LogP contribution >= 0.6 is 0 Å². The number of anilines is 2. The summed E-state index contributed by atoms with van der Waals surface area (Å²) >= 11 is 0. The van der Waals surface area contributed by atoms with Crippen LogP contribution in [0.5, 0.6) is 0 Å². The molecule has 2 aromatic rings. The molecule has 1 saturated heterocycles. The van der Waals surface area contributed by atoms with Crippen LogP contribution in [0.2, 0.25) is 0 Å². The molecule has 0 amide bonds. The summed E-state index contributed by atoms with van der Waals surface area (Å²) in [4.78, 5) is 6.73. The van der Waals surface area contributed by atoms with Crippen molar-refractivity contribution in [3.05, 3.63) is 30.5 Å². The van der Waals surface area contributed by atoms with Crippen molar-refractivity contribution >= 4 is 22.3 Å². The number of pyridine rings is 1. The maximum atomic E-state index is 6.02. The second-order valence-electron chi connectivity index (χ2n) is 5.03. The van der Waals surface area contributed by atoms with Crippen LogP contribution in [-0.4, -0.2) is 44.5 Å². The topological polar surface area (TPSA) is 60.6 Å². The molecule has 0 saturated carbocycles. The Morgan fingerprint density at radius 2 is 1.85 bits per heavy atom. The Labute approximate surface area is 118 Å². The summed E-state index contributed by atoms with van der Waals surface area (Å²) in [6, 6.07) is 7.86. The van der Waals surface area contributed by atoms with Crippen LogP contribution in [0.4, 0.5) is 11.4 Å². The molecule has 1 aromatic carbocycles. The maximum absolute atomic E-state index is 6.02. The predicted molar refractivity (Wildman–Crippen MR) is 80.0 cm³/mol. The van der Waals surface area contributed by atoms with E-state index in [0.717, 1.165) is 35.4 Å². The molecule has 0 spiro atoms.